The molecule has 1 aliphatic carbocycles. The number of halogens is 1. The van der Waals surface area contributed by atoms with Crippen LogP contribution in [0.4, 0.5) is 5.13 Å². The minimum absolute atomic E-state index is 0.0327. The van der Waals surface area contributed by atoms with Gasteiger partial charge in [0, 0.05) is 12.0 Å². The summed E-state index contributed by atoms with van der Waals surface area (Å²) in [7, 11) is 0. The van der Waals surface area contributed by atoms with Gasteiger partial charge in [-0.05, 0) is 12.8 Å². The largest absolute Gasteiger partial charge is 0.396 e. The maximum Gasteiger partial charge on any atom is 0.185 e. The highest BCUT2D eigenvalue weighted by molar-refractivity contribution is 7.16. The highest BCUT2D eigenvalue weighted by atomic mass is 35.5. The smallest absolute Gasteiger partial charge is 0.185 e. The van der Waals surface area contributed by atoms with Gasteiger partial charge in [0.15, 0.2) is 10.3 Å². The first-order valence-corrected chi connectivity index (χ1v) is 5.80. The van der Waals surface area contributed by atoms with Gasteiger partial charge in [0.2, 0.25) is 0 Å². The number of thiazole rings is 1. The van der Waals surface area contributed by atoms with Crippen molar-refractivity contribution in [3.8, 4) is 6.07 Å². The Morgan fingerprint density at radius 3 is 2.87 bits per heavy atom. The quantitative estimate of drug-likeness (QED) is 0.847. The fraction of sp³-hybridized carbons (Fsp3) is 0.556. The van der Waals surface area contributed by atoms with Crippen LogP contribution in [0.15, 0.2) is 0 Å². The first-order valence-electron chi connectivity index (χ1n) is 4.60. The molecule has 1 aromatic rings. The van der Waals surface area contributed by atoms with Gasteiger partial charge in [0.25, 0.3) is 0 Å². The number of nitrogens with one attached hydrogen (secondary N) is 1. The van der Waals surface area contributed by atoms with Gasteiger partial charge in [-0.25, -0.2) is 4.98 Å². The second-order valence-corrected chi connectivity index (χ2v) is 5.12. The van der Waals surface area contributed by atoms with Gasteiger partial charge < -0.3 is 10.4 Å². The van der Waals surface area contributed by atoms with E-state index in [4.69, 9.17) is 22.0 Å². The molecule has 1 fully saturated rings. The SMILES string of the molecule is N#Cc1sc(NCC2(CO)CC2)nc1Cl. The third-order valence-corrected chi connectivity index (χ3v) is 3.90. The average Bonchev–Trinajstić information content (AvgIpc) is 2.94. The summed E-state index contributed by atoms with van der Waals surface area (Å²) in [6.45, 7) is 0.891. The number of aliphatic hydroxyl groups is 1. The minimum atomic E-state index is 0.0327. The number of hydrogen-bond donors (Lipinski definition) is 2. The van der Waals surface area contributed by atoms with Gasteiger partial charge in [-0.1, -0.05) is 22.9 Å². The lowest BCUT2D eigenvalue weighted by Gasteiger charge is -2.11. The molecule has 1 saturated carbocycles. The molecule has 0 amide bonds. The number of anilines is 1. The predicted octanol–water partition coefficient (Wildman–Crippen LogP) is 1.85. The molecule has 0 unspecified atom stereocenters. The zero-order valence-corrected chi connectivity index (χ0v) is 9.53. The van der Waals surface area contributed by atoms with Crippen LogP contribution in [0.2, 0.25) is 5.15 Å². The molecule has 15 heavy (non-hydrogen) atoms. The summed E-state index contributed by atoms with van der Waals surface area (Å²) in [5, 5.41) is 21.8. The number of aliphatic hydroxyl groups excluding tert-OH is 1. The van der Waals surface area contributed by atoms with E-state index in [0.29, 0.717) is 16.6 Å². The lowest BCUT2D eigenvalue weighted by atomic mass is 10.1. The van der Waals surface area contributed by atoms with Gasteiger partial charge >= 0.3 is 0 Å². The Kier molecular flexibility index (Phi) is 2.83. The molecule has 2 N–H and O–H groups in total. The van der Waals surface area contributed by atoms with Crippen LogP contribution in [-0.4, -0.2) is 23.2 Å². The Hall–Kier alpha value is -0.830. The maximum absolute atomic E-state index is 9.11. The van der Waals surface area contributed by atoms with Crippen LogP contribution in [0.5, 0.6) is 0 Å². The molecule has 4 nitrogen and oxygen atoms in total. The van der Waals surface area contributed by atoms with Crippen LogP contribution in [0.1, 0.15) is 17.7 Å². The van der Waals surface area contributed by atoms with Gasteiger partial charge in [0.05, 0.1) is 6.61 Å². The summed E-state index contributed by atoms with van der Waals surface area (Å²) in [6, 6.07) is 1.98. The van der Waals surface area contributed by atoms with E-state index in [9.17, 15) is 0 Å². The second-order valence-electron chi connectivity index (χ2n) is 3.76. The van der Waals surface area contributed by atoms with E-state index in [0.717, 1.165) is 12.8 Å². The molecule has 80 valence electrons. The molecule has 0 atom stereocenters. The third kappa shape index (κ3) is 2.23. The van der Waals surface area contributed by atoms with E-state index in [-0.39, 0.29) is 17.2 Å². The van der Waals surface area contributed by atoms with Crippen molar-refractivity contribution in [3.05, 3.63) is 10.0 Å². The molecule has 0 aromatic carbocycles. The normalized spacial score (nSPS) is 17.1. The Balaban J connectivity index is 1.97. The summed E-state index contributed by atoms with van der Waals surface area (Å²) in [5.41, 5.74) is 0.0327. The molecule has 0 bridgehead atoms. The summed E-state index contributed by atoms with van der Waals surface area (Å²) >= 11 is 6.97. The second kappa shape index (κ2) is 3.97. The molecule has 0 radical (unpaired) electrons. The molecule has 0 aliphatic heterocycles. The summed E-state index contributed by atoms with van der Waals surface area (Å²) < 4.78 is 0. The summed E-state index contributed by atoms with van der Waals surface area (Å²) in [5.74, 6) is 0. The van der Waals surface area contributed by atoms with Crippen LogP contribution < -0.4 is 5.32 Å². The maximum atomic E-state index is 9.11. The fourth-order valence-electron chi connectivity index (χ4n) is 1.28. The molecule has 0 spiro atoms. The number of hydrogen-bond acceptors (Lipinski definition) is 5. The first kappa shape index (κ1) is 10.7. The number of rotatable bonds is 4. The predicted molar refractivity (Wildman–Crippen MR) is 59.1 cm³/mol. The van der Waals surface area contributed by atoms with Crippen molar-refractivity contribution < 1.29 is 5.11 Å². The fourth-order valence-corrected chi connectivity index (χ4v) is 2.22. The minimum Gasteiger partial charge on any atom is -0.396 e. The molecule has 1 aliphatic rings. The Morgan fingerprint density at radius 1 is 1.67 bits per heavy atom. The zero-order chi connectivity index (χ0) is 10.9. The average molecular weight is 244 g/mol. The number of aromatic nitrogens is 1. The van der Waals surface area contributed by atoms with Crippen LogP contribution in [0, 0.1) is 16.7 Å². The standard InChI is InChI=1S/C9H10ClN3OS/c10-7-6(3-11)15-8(13-7)12-4-9(5-14)1-2-9/h14H,1-2,4-5H2,(H,12,13). The lowest BCUT2D eigenvalue weighted by Crippen LogP contribution is -2.18. The van der Waals surface area contributed by atoms with Crippen molar-refractivity contribution in [2.24, 2.45) is 5.41 Å². The Morgan fingerprint density at radius 2 is 2.40 bits per heavy atom. The summed E-state index contributed by atoms with van der Waals surface area (Å²) in [6.07, 6.45) is 2.08. The number of nitrogens with zero attached hydrogens (tertiary/aromatic N) is 2. The van der Waals surface area contributed by atoms with Crippen LogP contribution >= 0.6 is 22.9 Å². The molecule has 1 aromatic heterocycles. The molecule has 1 heterocycles. The van der Waals surface area contributed by atoms with Gasteiger partial charge in [0.1, 0.15) is 10.9 Å². The molecule has 0 saturated heterocycles. The van der Waals surface area contributed by atoms with Crippen molar-refractivity contribution in [2.45, 2.75) is 12.8 Å². The van der Waals surface area contributed by atoms with Gasteiger partial charge in [-0.2, -0.15) is 5.26 Å². The van der Waals surface area contributed by atoms with E-state index in [1.807, 2.05) is 6.07 Å². The van der Waals surface area contributed by atoms with E-state index >= 15 is 0 Å². The third-order valence-electron chi connectivity index (χ3n) is 2.59. The van der Waals surface area contributed by atoms with Crippen molar-refractivity contribution >= 4 is 28.1 Å². The Bertz CT molecular complexity index is 408. The van der Waals surface area contributed by atoms with Crippen LogP contribution in [-0.2, 0) is 0 Å². The van der Waals surface area contributed by atoms with Crippen molar-refractivity contribution in [3.63, 3.8) is 0 Å². The summed E-state index contributed by atoms with van der Waals surface area (Å²) in [4.78, 5) is 4.44. The molecule has 6 heteroatoms. The number of nitriles is 1. The topological polar surface area (TPSA) is 68.9 Å². The Labute approximate surface area is 96.5 Å². The van der Waals surface area contributed by atoms with E-state index in [2.05, 4.69) is 10.3 Å². The van der Waals surface area contributed by atoms with Crippen molar-refractivity contribution in [1.29, 1.82) is 5.26 Å². The molecular weight excluding hydrogens is 234 g/mol. The molecule has 2 rings (SSSR count). The molecular formula is C9H10ClN3OS. The van der Waals surface area contributed by atoms with Gasteiger partial charge in [-0.15, -0.1) is 0 Å². The lowest BCUT2D eigenvalue weighted by molar-refractivity contribution is 0.220. The highest BCUT2D eigenvalue weighted by Crippen LogP contribution is 2.45. The van der Waals surface area contributed by atoms with Crippen molar-refractivity contribution in [2.75, 3.05) is 18.5 Å². The van der Waals surface area contributed by atoms with E-state index < -0.39 is 0 Å². The first-order chi connectivity index (χ1) is 7.19. The van der Waals surface area contributed by atoms with Crippen LogP contribution in [0.3, 0.4) is 0 Å². The van der Waals surface area contributed by atoms with E-state index in [1.165, 1.54) is 11.3 Å². The zero-order valence-electron chi connectivity index (χ0n) is 7.96. The van der Waals surface area contributed by atoms with Gasteiger partial charge in [-0.3, -0.25) is 0 Å². The monoisotopic (exact) mass is 243 g/mol. The highest BCUT2D eigenvalue weighted by Gasteiger charge is 2.41. The van der Waals surface area contributed by atoms with Crippen molar-refractivity contribution in [1.82, 2.24) is 4.98 Å². The van der Waals surface area contributed by atoms with E-state index in [1.54, 1.807) is 0 Å². The van der Waals surface area contributed by atoms with Crippen LogP contribution in [0.25, 0.3) is 0 Å².